The van der Waals surface area contributed by atoms with Gasteiger partial charge in [0.25, 0.3) is 0 Å². The Morgan fingerprint density at radius 3 is 2.12 bits per heavy atom. The van der Waals surface area contributed by atoms with E-state index in [1.807, 2.05) is 0 Å². The van der Waals surface area contributed by atoms with Crippen LogP contribution in [0.5, 0.6) is 0 Å². The Labute approximate surface area is 190 Å². The molecule has 0 heterocycles. The predicted octanol–water partition coefficient (Wildman–Crippen LogP) is -4.50. The molecule has 138 valence electrons. The van der Waals surface area contributed by atoms with E-state index in [9.17, 15) is 0 Å². The molecular formula is C20H29Cl3SiTi. The van der Waals surface area contributed by atoms with Gasteiger partial charge in [-0.05, 0) is 5.41 Å². The Bertz CT molecular complexity index is 534. The zero-order chi connectivity index (χ0) is 15.3. The third-order valence-electron chi connectivity index (χ3n) is 4.17. The zero-order valence-corrected chi connectivity index (χ0v) is 21.0. The van der Waals surface area contributed by atoms with Gasteiger partial charge in [-0.25, -0.2) is 11.1 Å². The van der Waals surface area contributed by atoms with Gasteiger partial charge in [0.15, 0.2) is 0 Å². The SMILES string of the molecule is CCCCCC1=C(C(C)(C)C)[C-]=C([SiH2]c2ccccc2)C1.[Cl-].[Cl-].[Cl-].[Ti+4]. The molecule has 0 saturated carbocycles. The molecule has 25 heavy (non-hydrogen) atoms. The number of benzene rings is 1. The van der Waals surface area contributed by atoms with Crippen LogP contribution in [0.4, 0.5) is 0 Å². The quantitative estimate of drug-likeness (QED) is 0.232. The van der Waals surface area contributed by atoms with E-state index in [2.05, 4.69) is 64.1 Å². The van der Waals surface area contributed by atoms with Crippen LogP contribution in [-0.2, 0) is 21.7 Å². The molecular weight excluding hydrogens is 423 g/mol. The van der Waals surface area contributed by atoms with Gasteiger partial charge < -0.3 is 37.2 Å². The van der Waals surface area contributed by atoms with E-state index < -0.39 is 0 Å². The fraction of sp³-hybridized carbons (Fsp3) is 0.500. The number of allylic oxidation sites excluding steroid dienone is 4. The van der Waals surface area contributed by atoms with Crippen molar-refractivity contribution < 1.29 is 58.9 Å². The summed E-state index contributed by atoms with van der Waals surface area (Å²) in [5.41, 5.74) is 3.43. The maximum absolute atomic E-state index is 3.81. The minimum Gasteiger partial charge on any atom is -1.00 e. The molecule has 0 N–H and O–H groups in total. The molecule has 0 nitrogen and oxygen atoms in total. The van der Waals surface area contributed by atoms with Crippen molar-refractivity contribution in [1.29, 1.82) is 0 Å². The number of hydrogen-bond acceptors (Lipinski definition) is 0. The number of unbranched alkanes of at least 4 members (excludes halogenated alkanes) is 2. The summed E-state index contributed by atoms with van der Waals surface area (Å²) in [6.07, 6.45) is 10.3. The molecule has 0 aliphatic heterocycles. The van der Waals surface area contributed by atoms with E-state index in [-0.39, 0.29) is 73.9 Å². The van der Waals surface area contributed by atoms with Gasteiger partial charge in [-0.3, -0.25) is 6.08 Å². The van der Waals surface area contributed by atoms with E-state index in [0.717, 1.165) is 0 Å². The van der Waals surface area contributed by atoms with Crippen molar-refractivity contribution in [3.8, 4) is 0 Å². The third-order valence-corrected chi connectivity index (χ3v) is 5.91. The number of hydrogen-bond donors (Lipinski definition) is 0. The first-order valence-electron chi connectivity index (χ1n) is 8.39. The van der Waals surface area contributed by atoms with Crippen LogP contribution in [0.25, 0.3) is 0 Å². The van der Waals surface area contributed by atoms with Crippen LogP contribution in [0.1, 0.15) is 59.8 Å². The van der Waals surface area contributed by atoms with Crippen LogP contribution in [0.15, 0.2) is 46.7 Å². The molecule has 0 amide bonds. The zero-order valence-electron chi connectivity index (χ0n) is 15.8. The first-order chi connectivity index (χ1) is 10.0. The summed E-state index contributed by atoms with van der Waals surface area (Å²) < 4.78 is 0. The van der Waals surface area contributed by atoms with Gasteiger partial charge in [-0.2, -0.15) is 5.20 Å². The minimum atomic E-state index is -0.321. The van der Waals surface area contributed by atoms with Gasteiger partial charge in [0.2, 0.25) is 0 Å². The second-order valence-electron chi connectivity index (χ2n) is 7.25. The molecule has 0 radical (unpaired) electrons. The summed E-state index contributed by atoms with van der Waals surface area (Å²) in [5, 5.41) is 3.15. The normalized spacial score (nSPS) is 13.5. The molecule has 0 aromatic heterocycles. The van der Waals surface area contributed by atoms with Gasteiger partial charge in [-0.1, -0.05) is 95.3 Å². The number of halogens is 3. The van der Waals surface area contributed by atoms with Crippen LogP contribution < -0.4 is 42.4 Å². The van der Waals surface area contributed by atoms with Crippen LogP contribution in [0.2, 0.25) is 0 Å². The van der Waals surface area contributed by atoms with Crippen LogP contribution in [0.3, 0.4) is 0 Å². The van der Waals surface area contributed by atoms with Crippen molar-refractivity contribution in [2.75, 3.05) is 0 Å². The monoisotopic (exact) mass is 450 g/mol. The Morgan fingerprint density at radius 2 is 1.60 bits per heavy atom. The van der Waals surface area contributed by atoms with Crippen LogP contribution in [-0.4, -0.2) is 9.52 Å². The van der Waals surface area contributed by atoms with Crippen molar-refractivity contribution in [3.63, 3.8) is 0 Å². The van der Waals surface area contributed by atoms with E-state index in [1.54, 1.807) is 16.0 Å². The average molecular weight is 452 g/mol. The summed E-state index contributed by atoms with van der Waals surface area (Å²) >= 11 is 0. The first-order valence-corrected chi connectivity index (χ1v) is 9.80. The summed E-state index contributed by atoms with van der Waals surface area (Å²) in [7, 11) is -0.321. The molecule has 2 rings (SSSR count). The molecule has 1 aliphatic carbocycles. The van der Waals surface area contributed by atoms with Gasteiger partial charge in [0.1, 0.15) is 0 Å². The molecule has 0 unspecified atom stereocenters. The van der Waals surface area contributed by atoms with Gasteiger partial charge >= 0.3 is 21.7 Å². The van der Waals surface area contributed by atoms with E-state index in [4.69, 9.17) is 0 Å². The topological polar surface area (TPSA) is 0 Å². The summed E-state index contributed by atoms with van der Waals surface area (Å²) in [6, 6.07) is 11.0. The van der Waals surface area contributed by atoms with Gasteiger partial charge in [-0.15, -0.1) is 0 Å². The summed E-state index contributed by atoms with van der Waals surface area (Å²) in [4.78, 5) is 0. The number of rotatable bonds is 6. The van der Waals surface area contributed by atoms with Crippen molar-refractivity contribution in [3.05, 3.63) is 52.8 Å². The fourth-order valence-electron chi connectivity index (χ4n) is 3.12. The maximum atomic E-state index is 3.81. The molecule has 1 aromatic rings. The smallest absolute Gasteiger partial charge is 1.00 e. The third kappa shape index (κ3) is 9.84. The Morgan fingerprint density at radius 1 is 1.00 bits per heavy atom. The Hall–Kier alpha value is 0.501. The fourth-order valence-corrected chi connectivity index (χ4v) is 4.82. The van der Waals surface area contributed by atoms with Crippen molar-refractivity contribution in [1.82, 2.24) is 0 Å². The van der Waals surface area contributed by atoms with E-state index in [0.29, 0.717) is 0 Å². The predicted molar refractivity (Wildman–Crippen MR) is 96.6 cm³/mol. The van der Waals surface area contributed by atoms with Gasteiger partial charge in [0.05, 0.1) is 9.52 Å². The van der Waals surface area contributed by atoms with Crippen molar-refractivity contribution in [2.45, 2.75) is 59.8 Å². The van der Waals surface area contributed by atoms with Crippen molar-refractivity contribution >= 4 is 14.7 Å². The first kappa shape index (κ1) is 30.2. The van der Waals surface area contributed by atoms with Crippen LogP contribution in [0, 0.1) is 11.5 Å². The van der Waals surface area contributed by atoms with Crippen molar-refractivity contribution in [2.24, 2.45) is 5.41 Å². The van der Waals surface area contributed by atoms with Gasteiger partial charge in [0, 0.05) is 0 Å². The molecule has 0 spiro atoms. The molecule has 5 heteroatoms. The molecule has 0 atom stereocenters. The largest absolute Gasteiger partial charge is 4.00 e. The average Bonchev–Trinajstić information content (AvgIpc) is 2.83. The molecule has 0 saturated heterocycles. The summed E-state index contributed by atoms with van der Waals surface area (Å²) in [5.74, 6) is 0. The molecule has 0 bridgehead atoms. The molecule has 0 fully saturated rings. The second-order valence-corrected chi connectivity index (χ2v) is 9.28. The standard InChI is InChI=1S/C20H29Si.3ClH.Ti/c1-5-6-8-11-16-14-18(15-19(16)20(2,3)4)21-17-12-9-7-10-13-17;;;;/h7,9-10,12-13H,5-6,8,11,14,21H2,1-4H3;3*1H;/q-1;;;;+4/p-3. The van der Waals surface area contributed by atoms with E-state index in [1.165, 1.54) is 37.7 Å². The Kier molecular flexibility index (Phi) is 17.6. The second kappa shape index (κ2) is 14.5. The maximum Gasteiger partial charge on any atom is 4.00 e. The minimum absolute atomic E-state index is 0. The summed E-state index contributed by atoms with van der Waals surface area (Å²) in [6.45, 7) is 9.29. The molecule has 1 aliphatic rings. The molecule has 1 aromatic carbocycles. The Balaban J connectivity index is -0.00000121. The van der Waals surface area contributed by atoms with Crippen LogP contribution >= 0.6 is 0 Å². The van der Waals surface area contributed by atoms with E-state index >= 15 is 0 Å².